The van der Waals surface area contributed by atoms with Gasteiger partial charge in [-0.25, -0.2) is 4.98 Å². The Morgan fingerprint density at radius 3 is 2.27 bits per heavy atom. The van der Waals surface area contributed by atoms with Crippen molar-refractivity contribution < 1.29 is 0 Å². The molecule has 0 saturated carbocycles. The normalized spacial score (nSPS) is 10.6. The molecule has 0 aliphatic carbocycles. The fraction of sp³-hybridized carbons (Fsp3) is 0.111. The van der Waals surface area contributed by atoms with Crippen molar-refractivity contribution in [2.75, 3.05) is 6.26 Å². The van der Waals surface area contributed by atoms with Crippen LogP contribution in [0.3, 0.4) is 0 Å². The summed E-state index contributed by atoms with van der Waals surface area (Å²) in [6.45, 7) is 2.03. The Morgan fingerprint density at radius 1 is 0.955 bits per heavy atom. The molecule has 1 aromatic heterocycles. The highest BCUT2D eigenvalue weighted by atomic mass is 32.2. The van der Waals surface area contributed by atoms with E-state index in [1.165, 1.54) is 11.0 Å². The first-order chi connectivity index (χ1) is 10.7. The van der Waals surface area contributed by atoms with Gasteiger partial charge in [0, 0.05) is 22.7 Å². The van der Waals surface area contributed by atoms with Crippen LogP contribution in [0.1, 0.15) is 5.56 Å². The molecule has 0 saturated heterocycles. The molecule has 0 amide bonds. The Morgan fingerprint density at radius 2 is 1.64 bits per heavy atom. The Labute approximate surface area is 133 Å². The molecule has 3 aromatic rings. The molecule has 0 unspecified atom stereocenters. The van der Waals surface area contributed by atoms with Crippen molar-refractivity contribution in [1.29, 1.82) is 0 Å². The predicted octanol–water partition coefficient (Wildman–Crippen LogP) is 3.93. The maximum Gasteiger partial charge on any atom is 0.258 e. The van der Waals surface area contributed by atoms with Gasteiger partial charge in [0.15, 0.2) is 0 Å². The summed E-state index contributed by atoms with van der Waals surface area (Å²) in [5.74, 6) is 0.656. The summed E-state index contributed by atoms with van der Waals surface area (Å²) in [7, 11) is 0. The lowest BCUT2D eigenvalue weighted by Gasteiger charge is -2.12. The zero-order valence-corrected chi connectivity index (χ0v) is 13.3. The molecule has 0 atom stereocenters. The number of nitrogens with zero attached hydrogens (tertiary/aromatic N) is 2. The predicted molar refractivity (Wildman–Crippen MR) is 91.8 cm³/mol. The van der Waals surface area contributed by atoms with E-state index in [4.69, 9.17) is 0 Å². The van der Waals surface area contributed by atoms with Crippen LogP contribution in [-0.2, 0) is 0 Å². The first-order valence-corrected chi connectivity index (χ1v) is 8.21. The highest BCUT2D eigenvalue weighted by molar-refractivity contribution is 7.98. The first-order valence-electron chi connectivity index (χ1n) is 6.98. The third-order valence-electron chi connectivity index (χ3n) is 3.49. The molecule has 2 aromatic carbocycles. The number of hydrogen-bond donors (Lipinski definition) is 0. The minimum absolute atomic E-state index is 0.0807. The maximum absolute atomic E-state index is 12.3. The molecular formula is C18H16N2OS. The van der Waals surface area contributed by atoms with Gasteiger partial charge in [0.25, 0.3) is 5.56 Å². The molecule has 110 valence electrons. The molecule has 1 heterocycles. The fourth-order valence-corrected chi connectivity index (χ4v) is 2.70. The Kier molecular flexibility index (Phi) is 4.11. The van der Waals surface area contributed by atoms with Crippen molar-refractivity contribution in [3.05, 3.63) is 76.7 Å². The van der Waals surface area contributed by atoms with Crippen molar-refractivity contribution in [2.45, 2.75) is 11.8 Å². The summed E-state index contributed by atoms with van der Waals surface area (Å²) in [4.78, 5) is 17.9. The molecule has 0 spiro atoms. The first kappa shape index (κ1) is 14.6. The van der Waals surface area contributed by atoms with Crippen molar-refractivity contribution in [3.63, 3.8) is 0 Å². The van der Waals surface area contributed by atoms with E-state index in [2.05, 4.69) is 4.98 Å². The van der Waals surface area contributed by atoms with E-state index in [1.54, 1.807) is 22.5 Å². The van der Waals surface area contributed by atoms with Gasteiger partial charge in [-0.2, -0.15) is 0 Å². The van der Waals surface area contributed by atoms with Crippen LogP contribution < -0.4 is 5.56 Å². The van der Waals surface area contributed by atoms with Gasteiger partial charge in [0.1, 0.15) is 5.82 Å². The summed E-state index contributed by atoms with van der Waals surface area (Å²) in [6.07, 6.45) is 3.60. The zero-order valence-electron chi connectivity index (χ0n) is 12.5. The Bertz CT molecular complexity index is 836. The third kappa shape index (κ3) is 2.83. The molecule has 22 heavy (non-hydrogen) atoms. The largest absolute Gasteiger partial charge is 0.269 e. The molecule has 0 aliphatic rings. The van der Waals surface area contributed by atoms with E-state index in [9.17, 15) is 4.79 Å². The lowest BCUT2D eigenvalue weighted by Crippen LogP contribution is -2.20. The lowest BCUT2D eigenvalue weighted by molar-refractivity contribution is 0.948. The molecule has 3 rings (SSSR count). The Hall–Kier alpha value is -2.33. The minimum atomic E-state index is -0.0807. The second kappa shape index (κ2) is 6.20. The van der Waals surface area contributed by atoms with Crippen LogP contribution in [-0.4, -0.2) is 15.8 Å². The minimum Gasteiger partial charge on any atom is -0.269 e. The van der Waals surface area contributed by atoms with E-state index < -0.39 is 0 Å². The van der Waals surface area contributed by atoms with Gasteiger partial charge in [-0.3, -0.25) is 9.36 Å². The van der Waals surface area contributed by atoms with Gasteiger partial charge >= 0.3 is 0 Å². The van der Waals surface area contributed by atoms with Crippen LogP contribution >= 0.6 is 11.8 Å². The average Bonchev–Trinajstić information content (AvgIpc) is 2.56. The molecular weight excluding hydrogens is 292 g/mol. The molecule has 0 bridgehead atoms. The zero-order chi connectivity index (χ0) is 15.5. The highest BCUT2D eigenvalue weighted by Crippen LogP contribution is 2.22. The monoisotopic (exact) mass is 308 g/mol. The highest BCUT2D eigenvalue weighted by Gasteiger charge is 2.09. The van der Waals surface area contributed by atoms with E-state index in [-0.39, 0.29) is 5.56 Å². The average molecular weight is 308 g/mol. The van der Waals surface area contributed by atoms with Gasteiger partial charge in [-0.05, 0) is 37.4 Å². The maximum atomic E-state index is 12.3. The van der Waals surface area contributed by atoms with Gasteiger partial charge in [0.2, 0.25) is 0 Å². The van der Waals surface area contributed by atoms with E-state index in [0.717, 1.165) is 16.8 Å². The smallest absolute Gasteiger partial charge is 0.258 e. The van der Waals surface area contributed by atoms with Crippen molar-refractivity contribution in [1.82, 2.24) is 9.55 Å². The summed E-state index contributed by atoms with van der Waals surface area (Å²) >= 11 is 1.69. The molecule has 0 aliphatic heterocycles. The summed E-state index contributed by atoms with van der Waals surface area (Å²) in [5.41, 5.74) is 2.83. The summed E-state index contributed by atoms with van der Waals surface area (Å²) in [6, 6.07) is 17.4. The SMILES string of the molecule is CSc1ccc(-c2nccc(=O)n2-c2ccc(C)cc2)cc1. The van der Waals surface area contributed by atoms with Crippen LogP contribution in [0, 0.1) is 6.92 Å². The van der Waals surface area contributed by atoms with Crippen LogP contribution in [0.2, 0.25) is 0 Å². The van der Waals surface area contributed by atoms with E-state index in [1.807, 2.05) is 61.7 Å². The lowest BCUT2D eigenvalue weighted by atomic mass is 10.2. The van der Waals surface area contributed by atoms with Gasteiger partial charge in [-0.1, -0.05) is 29.8 Å². The van der Waals surface area contributed by atoms with Gasteiger partial charge in [-0.15, -0.1) is 11.8 Å². The third-order valence-corrected chi connectivity index (χ3v) is 4.23. The standard InChI is InChI=1S/C18H16N2OS/c1-13-3-7-15(8-4-13)20-17(21)11-12-19-18(20)14-5-9-16(22-2)10-6-14/h3-12H,1-2H3. The summed E-state index contributed by atoms with van der Waals surface area (Å²) < 4.78 is 1.65. The second-order valence-electron chi connectivity index (χ2n) is 5.01. The van der Waals surface area contributed by atoms with Gasteiger partial charge in [0.05, 0.1) is 5.69 Å². The van der Waals surface area contributed by atoms with Crippen LogP contribution in [0.25, 0.3) is 17.1 Å². The van der Waals surface area contributed by atoms with E-state index >= 15 is 0 Å². The Balaban J connectivity index is 2.17. The molecule has 0 radical (unpaired) electrons. The van der Waals surface area contributed by atoms with Crippen LogP contribution in [0.5, 0.6) is 0 Å². The molecule has 0 N–H and O–H groups in total. The number of rotatable bonds is 3. The number of benzene rings is 2. The number of hydrogen-bond acceptors (Lipinski definition) is 3. The molecule has 0 fully saturated rings. The van der Waals surface area contributed by atoms with Crippen molar-refractivity contribution in [2.24, 2.45) is 0 Å². The molecule has 3 nitrogen and oxygen atoms in total. The van der Waals surface area contributed by atoms with Crippen LogP contribution in [0.4, 0.5) is 0 Å². The van der Waals surface area contributed by atoms with Gasteiger partial charge < -0.3 is 0 Å². The molecule has 4 heteroatoms. The number of aromatic nitrogens is 2. The number of aryl methyl sites for hydroxylation is 1. The topological polar surface area (TPSA) is 34.9 Å². The summed E-state index contributed by atoms with van der Waals surface area (Å²) in [5, 5.41) is 0. The second-order valence-corrected chi connectivity index (χ2v) is 5.89. The van der Waals surface area contributed by atoms with E-state index in [0.29, 0.717) is 5.82 Å². The number of thioether (sulfide) groups is 1. The van der Waals surface area contributed by atoms with Crippen molar-refractivity contribution >= 4 is 11.8 Å². The van der Waals surface area contributed by atoms with Crippen LogP contribution in [0.15, 0.2) is 70.5 Å². The van der Waals surface area contributed by atoms with Crippen molar-refractivity contribution in [3.8, 4) is 17.1 Å². The fourth-order valence-electron chi connectivity index (χ4n) is 2.30. The quantitative estimate of drug-likeness (QED) is 0.688.